The van der Waals surface area contributed by atoms with Crippen molar-refractivity contribution in [3.63, 3.8) is 0 Å². The summed E-state index contributed by atoms with van der Waals surface area (Å²) in [5.41, 5.74) is 1.32. The number of hydrogen-bond acceptors (Lipinski definition) is 3. The van der Waals surface area contributed by atoms with E-state index in [4.69, 9.17) is 21.3 Å². The Bertz CT molecular complexity index is 595. The monoisotopic (exact) mass is 378 g/mol. The molecule has 0 spiro atoms. The summed E-state index contributed by atoms with van der Waals surface area (Å²) in [5.74, 6) is 0.873. The zero-order valence-corrected chi connectivity index (χ0v) is 16.5. The highest BCUT2D eigenvalue weighted by molar-refractivity contribution is 6.30. The third-order valence-corrected chi connectivity index (χ3v) is 5.67. The number of benzene rings is 1. The first kappa shape index (κ1) is 19.5. The summed E-state index contributed by atoms with van der Waals surface area (Å²) < 4.78 is 5.64. The Hall–Kier alpha value is -1.30. The summed E-state index contributed by atoms with van der Waals surface area (Å²) >= 11 is 6.08. The summed E-state index contributed by atoms with van der Waals surface area (Å²) in [6.45, 7) is 8.61. The van der Waals surface area contributed by atoms with Crippen molar-refractivity contribution in [2.75, 3.05) is 39.4 Å². The fourth-order valence-corrected chi connectivity index (χ4v) is 4.16. The number of nitrogens with zero attached hydrogens (tertiary/aromatic N) is 2. The number of nitrogens with one attached hydrogen (secondary N) is 2. The summed E-state index contributed by atoms with van der Waals surface area (Å²) in [6, 6.07) is 7.89. The summed E-state index contributed by atoms with van der Waals surface area (Å²) in [6.07, 6.45) is 4.80. The second kappa shape index (κ2) is 9.58. The minimum atomic E-state index is 0.195. The van der Waals surface area contributed by atoms with E-state index in [1.807, 2.05) is 18.2 Å². The van der Waals surface area contributed by atoms with Gasteiger partial charge < -0.3 is 15.4 Å². The molecule has 0 aromatic heterocycles. The van der Waals surface area contributed by atoms with Gasteiger partial charge in [0.2, 0.25) is 0 Å². The average Bonchev–Trinajstić information content (AvgIpc) is 3.20. The van der Waals surface area contributed by atoms with Gasteiger partial charge in [-0.25, -0.2) is 4.99 Å². The normalized spacial score (nSPS) is 20.9. The smallest absolute Gasteiger partial charge is 0.191 e. The molecule has 0 amide bonds. The Labute approximate surface area is 162 Å². The first-order valence-electron chi connectivity index (χ1n) is 9.81. The fraction of sp³-hybridized carbons (Fsp3) is 0.650. The highest BCUT2D eigenvalue weighted by Gasteiger charge is 2.39. The van der Waals surface area contributed by atoms with Crippen LogP contribution in [0.15, 0.2) is 29.3 Å². The van der Waals surface area contributed by atoms with E-state index < -0.39 is 0 Å². The second-order valence-electron chi connectivity index (χ2n) is 7.21. The number of likely N-dealkylation sites (tertiary alicyclic amines) is 1. The van der Waals surface area contributed by atoms with Crippen LogP contribution in [-0.2, 0) is 11.3 Å². The van der Waals surface area contributed by atoms with E-state index in [2.05, 4.69) is 28.5 Å². The zero-order valence-electron chi connectivity index (χ0n) is 15.8. The summed E-state index contributed by atoms with van der Waals surface area (Å²) in [7, 11) is 0. The lowest BCUT2D eigenvalue weighted by molar-refractivity contribution is -0.0164. The minimum absolute atomic E-state index is 0.195. The van der Waals surface area contributed by atoms with Gasteiger partial charge in [0.25, 0.3) is 0 Å². The van der Waals surface area contributed by atoms with Gasteiger partial charge in [-0.05, 0) is 63.4 Å². The van der Waals surface area contributed by atoms with Crippen LogP contribution in [0, 0.1) is 0 Å². The van der Waals surface area contributed by atoms with Crippen LogP contribution in [0.2, 0.25) is 5.02 Å². The maximum absolute atomic E-state index is 6.08. The molecular formula is C20H31ClN4O. The Morgan fingerprint density at radius 1 is 1.23 bits per heavy atom. The number of rotatable bonds is 6. The highest BCUT2D eigenvalue weighted by Crippen LogP contribution is 2.30. The van der Waals surface area contributed by atoms with Crippen molar-refractivity contribution >= 4 is 17.6 Å². The molecule has 2 N–H and O–H groups in total. The van der Waals surface area contributed by atoms with Gasteiger partial charge in [-0.3, -0.25) is 4.90 Å². The van der Waals surface area contributed by atoms with Gasteiger partial charge >= 0.3 is 0 Å². The summed E-state index contributed by atoms with van der Waals surface area (Å²) in [4.78, 5) is 7.42. The molecule has 144 valence electrons. The van der Waals surface area contributed by atoms with Crippen LogP contribution in [0.5, 0.6) is 0 Å². The lowest BCUT2D eigenvalue weighted by atomic mass is 9.88. The number of aliphatic imine (C=N–C) groups is 1. The van der Waals surface area contributed by atoms with E-state index in [0.717, 1.165) is 55.7 Å². The van der Waals surface area contributed by atoms with E-state index in [-0.39, 0.29) is 5.54 Å². The molecule has 0 radical (unpaired) electrons. The van der Waals surface area contributed by atoms with Crippen LogP contribution in [0.3, 0.4) is 0 Å². The Morgan fingerprint density at radius 3 is 2.69 bits per heavy atom. The quantitative estimate of drug-likeness (QED) is 0.590. The molecule has 26 heavy (non-hydrogen) atoms. The van der Waals surface area contributed by atoms with Crippen molar-refractivity contribution in [1.29, 1.82) is 0 Å². The fourth-order valence-electron chi connectivity index (χ4n) is 3.94. The van der Waals surface area contributed by atoms with Gasteiger partial charge in [0.15, 0.2) is 5.96 Å². The largest absolute Gasteiger partial charge is 0.381 e. The first-order valence-corrected chi connectivity index (χ1v) is 10.2. The van der Waals surface area contributed by atoms with Crippen molar-refractivity contribution in [3.05, 3.63) is 34.9 Å². The van der Waals surface area contributed by atoms with E-state index >= 15 is 0 Å². The molecule has 1 aromatic carbocycles. The van der Waals surface area contributed by atoms with Crippen molar-refractivity contribution in [3.8, 4) is 0 Å². The molecule has 5 nitrogen and oxygen atoms in total. The minimum Gasteiger partial charge on any atom is -0.381 e. The molecule has 0 bridgehead atoms. The second-order valence-corrected chi connectivity index (χ2v) is 7.65. The van der Waals surface area contributed by atoms with Gasteiger partial charge in [-0.1, -0.05) is 23.7 Å². The molecule has 0 saturated carbocycles. The third-order valence-electron chi connectivity index (χ3n) is 5.44. The van der Waals surface area contributed by atoms with E-state index in [9.17, 15) is 0 Å². The van der Waals surface area contributed by atoms with Crippen LogP contribution in [0.25, 0.3) is 0 Å². The molecule has 2 saturated heterocycles. The summed E-state index contributed by atoms with van der Waals surface area (Å²) in [5, 5.41) is 7.73. The topological polar surface area (TPSA) is 48.9 Å². The SMILES string of the molecule is CCNC(=NCc1cccc(Cl)c1)NCC1(N2CCCC2)CCOCC1. The average molecular weight is 379 g/mol. The molecule has 0 unspecified atom stereocenters. The van der Waals surface area contributed by atoms with E-state index in [1.165, 1.54) is 25.9 Å². The molecule has 0 aliphatic carbocycles. The molecule has 2 fully saturated rings. The Balaban J connectivity index is 1.65. The molecule has 2 aliphatic heterocycles. The lowest BCUT2D eigenvalue weighted by Crippen LogP contribution is -2.58. The zero-order chi connectivity index (χ0) is 18.2. The van der Waals surface area contributed by atoms with Gasteiger partial charge in [0.1, 0.15) is 0 Å². The third kappa shape index (κ3) is 5.12. The molecule has 2 heterocycles. The molecule has 2 aliphatic rings. The van der Waals surface area contributed by atoms with Gasteiger partial charge in [0, 0.05) is 36.9 Å². The molecule has 6 heteroatoms. The van der Waals surface area contributed by atoms with Crippen LogP contribution in [0.1, 0.15) is 38.2 Å². The van der Waals surface area contributed by atoms with Crippen LogP contribution < -0.4 is 10.6 Å². The Kier molecular flexibility index (Phi) is 7.17. The van der Waals surface area contributed by atoms with Gasteiger partial charge in [0.05, 0.1) is 6.54 Å². The van der Waals surface area contributed by atoms with Crippen molar-refractivity contribution in [2.24, 2.45) is 4.99 Å². The van der Waals surface area contributed by atoms with Crippen LogP contribution >= 0.6 is 11.6 Å². The number of guanidine groups is 1. The first-order chi connectivity index (χ1) is 12.7. The maximum Gasteiger partial charge on any atom is 0.191 e. The highest BCUT2D eigenvalue weighted by atomic mass is 35.5. The number of hydrogen-bond donors (Lipinski definition) is 2. The number of halogens is 1. The number of ether oxygens (including phenoxy) is 1. The van der Waals surface area contributed by atoms with E-state index in [0.29, 0.717) is 6.54 Å². The van der Waals surface area contributed by atoms with Crippen LogP contribution in [-0.4, -0.2) is 55.8 Å². The van der Waals surface area contributed by atoms with Gasteiger partial charge in [-0.15, -0.1) is 0 Å². The predicted octanol–water partition coefficient (Wildman–Crippen LogP) is 3.04. The standard InChI is InChI=1S/C20H31ClN4O/c1-2-22-19(23-15-17-6-5-7-18(21)14-17)24-16-20(8-12-26-13-9-20)25-10-3-4-11-25/h5-7,14H,2-4,8-13,15-16H2,1H3,(H2,22,23,24). The van der Waals surface area contributed by atoms with Crippen molar-refractivity contribution in [2.45, 2.75) is 44.7 Å². The molecule has 0 atom stereocenters. The molecule has 1 aromatic rings. The van der Waals surface area contributed by atoms with Gasteiger partial charge in [-0.2, -0.15) is 0 Å². The van der Waals surface area contributed by atoms with Crippen LogP contribution in [0.4, 0.5) is 0 Å². The molecular weight excluding hydrogens is 348 g/mol. The lowest BCUT2D eigenvalue weighted by Gasteiger charge is -2.45. The molecule has 3 rings (SSSR count). The maximum atomic E-state index is 6.08. The predicted molar refractivity (Wildman–Crippen MR) is 108 cm³/mol. The van der Waals surface area contributed by atoms with E-state index in [1.54, 1.807) is 0 Å². The van der Waals surface area contributed by atoms with Crippen molar-refractivity contribution < 1.29 is 4.74 Å². The Morgan fingerprint density at radius 2 is 2.00 bits per heavy atom. The van der Waals surface area contributed by atoms with Crippen molar-refractivity contribution in [1.82, 2.24) is 15.5 Å².